The van der Waals surface area contributed by atoms with E-state index in [1.54, 1.807) is 12.1 Å². The zero-order chi connectivity index (χ0) is 23.7. The normalized spacial score (nSPS) is 14.9. The molecule has 8 nitrogen and oxygen atoms in total. The Bertz CT molecular complexity index is 1460. The number of halogens is 1. The topological polar surface area (TPSA) is 96.1 Å². The van der Waals surface area contributed by atoms with Crippen LogP contribution in [0, 0.1) is 5.82 Å². The highest BCUT2D eigenvalue weighted by Gasteiger charge is 2.28. The predicted octanol–water partition coefficient (Wildman–Crippen LogP) is 4.49. The van der Waals surface area contributed by atoms with E-state index < -0.39 is 21.7 Å². The van der Waals surface area contributed by atoms with E-state index in [0.29, 0.717) is 29.1 Å². The van der Waals surface area contributed by atoms with E-state index in [2.05, 4.69) is 10.1 Å². The van der Waals surface area contributed by atoms with Gasteiger partial charge in [-0.15, -0.1) is 0 Å². The van der Waals surface area contributed by atoms with Gasteiger partial charge in [-0.1, -0.05) is 11.3 Å². The lowest BCUT2D eigenvalue weighted by Crippen LogP contribution is -2.28. The van der Waals surface area contributed by atoms with Crippen LogP contribution in [-0.2, 0) is 10.0 Å². The fourth-order valence-corrected chi connectivity index (χ4v) is 6.08. The molecular formula is C23H19FN4O4S2. The summed E-state index contributed by atoms with van der Waals surface area (Å²) in [7, 11) is -3.59. The third-order valence-electron chi connectivity index (χ3n) is 5.36. The van der Waals surface area contributed by atoms with Crippen molar-refractivity contribution in [2.75, 3.05) is 18.1 Å². The number of carbonyl (C=O) groups excluding carboxylic acids is 1. The van der Waals surface area contributed by atoms with Crippen molar-refractivity contribution in [1.29, 1.82) is 0 Å². The van der Waals surface area contributed by atoms with Crippen molar-refractivity contribution in [2.24, 2.45) is 5.10 Å². The first-order valence-electron chi connectivity index (χ1n) is 10.5. The maximum absolute atomic E-state index is 13.7. The standard InChI is InChI=1S/C23H19FN4O4S2/c24-17-7-10-20-21(14-17)33-23(26-20)28(25-15-18-4-3-13-32-18)22(29)16-5-8-19(9-6-16)34(30,31)27-11-1-2-12-27/h3-10,13-15H,1-2,11-12H2/b25-15+. The smallest absolute Gasteiger partial charge is 0.280 e. The summed E-state index contributed by atoms with van der Waals surface area (Å²) in [6.07, 6.45) is 4.53. The number of thiazole rings is 1. The molecule has 0 aliphatic carbocycles. The maximum atomic E-state index is 13.7. The van der Waals surface area contributed by atoms with Crippen LogP contribution in [0.2, 0.25) is 0 Å². The number of fused-ring (bicyclic) bond motifs is 1. The van der Waals surface area contributed by atoms with E-state index in [0.717, 1.165) is 29.2 Å². The largest absolute Gasteiger partial charge is 0.463 e. The monoisotopic (exact) mass is 498 g/mol. The molecule has 0 radical (unpaired) electrons. The summed E-state index contributed by atoms with van der Waals surface area (Å²) in [5, 5.41) is 5.59. The zero-order valence-electron chi connectivity index (χ0n) is 17.8. The van der Waals surface area contributed by atoms with E-state index in [1.165, 1.54) is 59.2 Å². The molecule has 1 aliphatic heterocycles. The van der Waals surface area contributed by atoms with Crippen molar-refractivity contribution in [3.8, 4) is 0 Å². The summed E-state index contributed by atoms with van der Waals surface area (Å²) in [5.41, 5.74) is 0.752. The van der Waals surface area contributed by atoms with E-state index >= 15 is 0 Å². The average Bonchev–Trinajstić information content (AvgIpc) is 3.60. The van der Waals surface area contributed by atoms with Gasteiger partial charge in [-0.2, -0.15) is 14.4 Å². The number of hydrazone groups is 1. The molecule has 1 fully saturated rings. The van der Waals surface area contributed by atoms with E-state index in [9.17, 15) is 17.6 Å². The van der Waals surface area contributed by atoms with Crippen molar-refractivity contribution in [2.45, 2.75) is 17.7 Å². The Kier molecular flexibility index (Phi) is 5.98. The molecule has 174 valence electrons. The minimum Gasteiger partial charge on any atom is -0.463 e. The van der Waals surface area contributed by atoms with Gasteiger partial charge in [0.1, 0.15) is 11.6 Å². The molecule has 2 aromatic heterocycles. The number of anilines is 1. The molecule has 0 bridgehead atoms. The number of amides is 1. The number of nitrogens with zero attached hydrogens (tertiary/aromatic N) is 4. The van der Waals surface area contributed by atoms with Gasteiger partial charge in [0.25, 0.3) is 5.91 Å². The van der Waals surface area contributed by atoms with Crippen LogP contribution in [0.4, 0.5) is 9.52 Å². The Morgan fingerprint density at radius 2 is 1.91 bits per heavy atom. The third-order valence-corrected chi connectivity index (χ3v) is 8.27. The van der Waals surface area contributed by atoms with Crippen LogP contribution in [0.25, 0.3) is 10.2 Å². The zero-order valence-corrected chi connectivity index (χ0v) is 19.4. The number of carbonyl (C=O) groups is 1. The summed E-state index contributed by atoms with van der Waals surface area (Å²) in [5.74, 6) is -0.501. The molecule has 1 aliphatic rings. The lowest BCUT2D eigenvalue weighted by molar-refractivity contribution is 0.0987. The first-order chi connectivity index (χ1) is 16.4. The number of hydrogen-bond donors (Lipinski definition) is 0. The van der Waals surface area contributed by atoms with Crippen molar-refractivity contribution in [3.05, 3.63) is 78.0 Å². The van der Waals surface area contributed by atoms with E-state index in [1.807, 2.05) is 0 Å². The van der Waals surface area contributed by atoms with E-state index in [-0.39, 0.29) is 15.6 Å². The first-order valence-corrected chi connectivity index (χ1v) is 12.8. The van der Waals surface area contributed by atoms with Crippen LogP contribution in [0.5, 0.6) is 0 Å². The Morgan fingerprint density at radius 3 is 2.62 bits per heavy atom. The van der Waals surface area contributed by atoms with Gasteiger partial charge in [0, 0.05) is 18.7 Å². The average molecular weight is 499 g/mol. The van der Waals surface area contributed by atoms with Gasteiger partial charge >= 0.3 is 0 Å². The number of benzene rings is 2. The van der Waals surface area contributed by atoms with Crippen molar-refractivity contribution < 1.29 is 22.0 Å². The Balaban J connectivity index is 1.48. The second-order valence-electron chi connectivity index (χ2n) is 7.62. The summed E-state index contributed by atoms with van der Waals surface area (Å²) < 4.78 is 46.5. The van der Waals surface area contributed by atoms with Crippen LogP contribution >= 0.6 is 11.3 Å². The highest BCUT2D eigenvalue weighted by Crippen LogP contribution is 2.31. The summed E-state index contributed by atoms with van der Waals surface area (Å²) in [6, 6.07) is 13.3. The van der Waals surface area contributed by atoms with Crippen LogP contribution in [0.3, 0.4) is 0 Å². The summed E-state index contributed by atoms with van der Waals surface area (Å²) in [6.45, 7) is 0.993. The summed E-state index contributed by atoms with van der Waals surface area (Å²) in [4.78, 5) is 17.9. The minimum atomic E-state index is -3.59. The molecule has 0 N–H and O–H groups in total. The molecule has 5 rings (SSSR count). The summed E-state index contributed by atoms with van der Waals surface area (Å²) >= 11 is 1.11. The molecule has 0 saturated carbocycles. The van der Waals surface area contributed by atoms with Crippen LogP contribution in [0.1, 0.15) is 29.0 Å². The molecule has 2 aromatic carbocycles. The lowest BCUT2D eigenvalue weighted by atomic mass is 10.2. The predicted molar refractivity (Wildman–Crippen MR) is 127 cm³/mol. The molecule has 11 heteroatoms. The molecular weight excluding hydrogens is 479 g/mol. The van der Waals surface area contributed by atoms with Gasteiger partial charge in [0.15, 0.2) is 0 Å². The van der Waals surface area contributed by atoms with Crippen LogP contribution < -0.4 is 5.01 Å². The number of furan rings is 1. The van der Waals surface area contributed by atoms with Crippen molar-refractivity contribution in [1.82, 2.24) is 9.29 Å². The Morgan fingerprint density at radius 1 is 1.15 bits per heavy atom. The van der Waals surface area contributed by atoms with Crippen molar-refractivity contribution >= 4 is 48.8 Å². The molecule has 4 aromatic rings. The molecule has 0 unspecified atom stereocenters. The fraction of sp³-hybridized carbons (Fsp3) is 0.174. The molecule has 34 heavy (non-hydrogen) atoms. The van der Waals surface area contributed by atoms with Gasteiger partial charge in [0.05, 0.1) is 27.6 Å². The SMILES string of the molecule is O=C(c1ccc(S(=O)(=O)N2CCCC2)cc1)N(/N=C/c1ccco1)c1nc2ccc(F)cc2s1. The van der Waals surface area contributed by atoms with Gasteiger partial charge in [-0.3, -0.25) is 4.79 Å². The molecule has 0 spiro atoms. The van der Waals surface area contributed by atoms with Crippen molar-refractivity contribution in [3.63, 3.8) is 0 Å². The Hall–Kier alpha value is -3.41. The second-order valence-corrected chi connectivity index (χ2v) is 10.6. The highest BCUT2D eigenvalue weighted by molar-refractivity contribution is 7.89. The van der Waals surface area contributed by atoms with Gasteiger partial charge in [-0.05, 0) is 67.4 Å². The highest BCUT2D eigenvalue weighted by atomic mass is 32.2. The third kappa shape index (κ3) is 4.37. The van der Waals surface area contributed by atoms with Gasteiger partial charge in [0.2, 0.25) is 15.2 Å². The molecule has 0 atom stereocenters. The number of aromatic nitrogens is 1. The lowest BCUT2D eigenvalue weighted by Gasteiger charge is -2.16. The van der Waals surface area contributed by atoms with Gasteiger partial charge in [-0.25, -0.2) is 17.8 Å². The number of hydrogen-bond acceptors (Lipinski definition) is 7. The Labute approximate surface area is 199 Å². The van der Waals surface area contributed by atoms with Gasteiger partial charge < -0.3 is 4.42 Å². The quantitative estimate of drug-likeness (QED) is 0.288. The first kappa shape index (κ1) is 22.4. The molecule has 1 amide bonds. The maximum Gasteiger partial charge on any atom is 0.280 e. The molecule has 3 heterocycles. The van der Waals surface area contributed by atoms with Crippen LogP contribution in [0.15, 0.2) is 75.3 Å². The fourth-order valence-electron chi connectivity index (χ4n) is 3.61. The number of rotatable bonds is 6. The molecule has 1 saturated heterocycles. The number of sulfonamides is 1. The second kappa shape index (κ2) is 9.09. The van der Waals surface area contributed by atoms with E-state index in [4.69, 9.17) is 4.42 Å². The van der Waals surface area contributed by atoms with Crippen LogP contribution in [-0.4, -0.2) is 42.9 Å². The minimum absolute atomic E-state index is 0.132.